The third-order valence-corrected chi connectivity index (χ3v) is 21.1. The maximum Gasteiger partial charge on any atom is 0.212 e. The fraction of sp³-hybridized carbons (Fsp3) is 0.271. The number of aryl methyl sites for hydroxylation is 12. The molecular weight excluding hydrogens is 1130 g/mol. The normalized spacial score (nSPS) is 12.5. The van der Waals surface area contributed by atoms with Gasteiger partial charge in [0.1, 0.15) is 28.2 Å². The monoisotopic (exact) mass is 1240 g/mol. The summed E-state index contributed by atoms with van der Waals surface area (Å²) in [5.41, 5.74) is 26.1. The predicted molar refractivity (Wildman–Crippen MR) is 396 cm³/mol. The van der Waals surface area contributed by atoms with Crippen LogP contribution in [0.5, 0.6) is 0 Å². The number of aromatic nitrogens is 4. The zero-order valence-corrected chi connectivity index (χ0v) is 60.2. The minimum absolute atomic E-state index is 0.332. The average molecular weight is 1240 g/mol. The lowest BCUT2D eigenvalue weighted by Gasteiger charge is -2.19. The standard InChI is InChI=1S/C23H28NSi.C22H26NSi.C20H20N.C20H28N/c1-17-12-13-20(19-10-8-7-9-11-19)15-21(17)22-14-18(2)23(16-24(22)3)25(4,5)6;1-17-11-12-19(18-9-7-6-8-10-18)15-21(17)22-14-13-20(16-23(22)2)24(3,4)5;1-15-11-12-21(3)20(13-15)19-14-18(10-9-16(19)2)17-7-5-4-6-8-17;1-14-8-9-18(16(3)10-14)19-11-15(2)17(13-21(19)7)12-20(4,5)6/h7-16H,1-6H3;6-16H,1-5H3;4-14H,1-3H3;8-11,13H,12H2,1-7H3/q4*+1/i;;;1D3,12D2. The lowest BCUT2D eigenvalue weighted by molar-refractivity contribution is -0.661. The molecule has 6 heteroatoms. The topological polar surface area (TPSA) is 15.5 Å². The van der Waals surface area contributed by atoms with Crippen LogP contribution in [0.25, 0.3) is 78.4 Å². The van der Waals surface area contributed by atoms with Gasteiger partial charge >= 0.3 is 0 Å². The first kappa shape index (κ1) is 61.4. The van der Waals surface area contributed by atoms with Crippen LogP contribution in [-0.4, -0.2) is 16.1 Å². The van der Waals surface area contributed by atoms with Crippen LogP contribution < -0.4 is 28.6 Å². The molecule has 0 N–H and O–H groups in total. The second kappa shape index (κ2) is 29.2. The Morgan fingerprint density at radius 1 is 0.352 bits per heavy atom. The molecule has 0 spiro atoms. The molecule has 0 amide bonds. The Balaban J connectivity index is 0.000000164. The molecule has 0 atom stereocenters. The third-order valence-electron chi connectivity index (χ3n) is 16.9. The molecule has 0 aliphatic heterocycles. The quantitative estimate of drug-likeness (QED) is 0.0958. The third kappa shape index (κ3) is 17.8. The lowest BCUT2D eigenvalue weighted by Crippen LogP contribution is -2.46. The molecular formula is C85H102N4Si2+4. The maximum absolute atomic E-state index is 8.56. The minimum Gasteiger partial charge on any atom is -0.201 e. The number of hydrogen-bond acceptors (Lipinski definition) is 0. The van der Waals surface area contributed by atoms with Crippen molar-refractivity contribution in [3.05, 3.63) is 275 Å². The molecule has 0 fully saturated rings. The first-order chi connectivity index (χ1) is 44.9. The number of pyridine rings is 4. The molecule has 0 unspecified atom stereocenters. The molecule has 0 radical (unpaired) electrons. The molecule has 4 heterocycles. The second-order valence-corrected chi connectivity index (χ2v) is 38.1. The number of nitrogens with zero attached hydrogens (tertiary/aromatic N) is 4. The zero-order chi connectivity index (χ0) is 70.4. The predicted octanol–water partition coefficient (Wildman–Crippen LogP) is 18.9. The summed E-state index contributed by atoms with van der Waals surface area (Å²) in [6.07, 6.45) is 7.18. The Kier molecular flexibility index (Phi) is 19.7. The van der Waals surface area contributed by atoms with Crippen LogP contribution in [0.15, 0.2) is 225 Å². The molecule has 0 bridgehead atoms. The average Bonchev–Trinajstić information content (AvgIpc) is 0.816. The molecule has 466 valence electrons. The summed E-state index contributed by atoms with van der Waals surface area (Å²) in [4.78, 5) is 0. The van der Waals surface area contributed by atoms with Gasteiger partial charge in [-0.05, 0) is 164 Å². The Morgan fingerprint density at radius 3 is 1.23 bits per heavy atom. The summed E-state index contributed by atoms with van der Waals surface area (Å²) in [6.45, 7) is 32.8. The highest BCUT2D eigenvalue weighted by Crippen LogP contribution is 2.32. The first-order valence-electron chi connectivity index (χ1n) is 34.5. The molecule has 0 aliphatic carbocycles. The van der Waals surface area contributed by atoms with E-state index in [1.54, 1.807) is 12.1 Å². The van der Waals surface area contributed by atoms with E-state index in [0.717, 1.165) is 22.4 Å². The van der Waals surface area contributed by atoms with Gasteiger partial charge in [0, 0.05) is 75.4 Å². The van der Waals surface area contributed by atoms with Crippen molar-refractivity contribution in [2.75, 3.05) is 0 Å². The van der Waals surface area contributed by atoms with E-state index < -0.39 is 34.8 Å². The van der Waals surface area contributed by atoms with Crippen LogP contribution in [0.2, 0.25) is 39.3 Å². The van der Waals surface area contributed by atoms with Crippen molar-refractivity contribution < 1.29 is 25.1 Å². The summed E-state index contributed by atoms with van der Waals surface area (Å²) in [5, 5.41) is 3.03. The summed E-state index contributed by atoms with van der Waals surface area (Å²) < 4.78 is 48.5. The van der Waals surface area contributed by atoms with Gasteiger partial charge in [-0.1, -0.05) is 211 Å². The van der Waals surface area contributed by atoms with E-state index in [2.05, 4.69) is 303 Å². The smallest absolute Gasteiger partial charge is 0.201 e. The summed E-state index contributed by atoms with van der Waals surface area (Å²) in [7, 11) is 5.71. The van der Waals surface area contributed by atoms with Gasteiger partial charge in [0.15, 0.2) is 24.8 Å². The van der Waals surface area contributed by atoms with E-state index in [4.69, 9.17) is 6.85 Å². The van der Waals surface area contributed by atoms with Crippen molar-refractivity contribution >= 4 is 26.5 Å². The number of benzene rings is 7. The van der Waals surface area contributed by atoms with Gasteiger partial charge in [0.25, 0.3) is 0 Å². The second-order valence-electron chi connectivity index (χ2n) is 27.9. The zero-order valence-electron chi connectivity index (χ0n) is 63.2. The number of hydrogen-bond donors (Lipinski definition) is 0. The van der Waals surface area contributed by atoms with Crippen LogP contribution >= 0.6 is 0 Å². The molecule has 4 nitrogen and oxygen atoms in total. The van der Waals surface area contributed by atoms with Crippen LogP contribution in [0.1, 0.15) is 77.7 Å². The van der Waals surface area contributed by atoms with Gasteiger partial charge in [-0.2, -0.15) is 0 Å². The Morgan fingerprint density at radius 2 is 0.791 bits per heavy atom. The van der Waals surface area contributed by atoms with E-state index in [1.165, 1.54) is 105 Å². The highest BCUT2D eigenvalue weighted by Gasteiger charge is 2.26. The SMILES string of the molecule is Cc1cc[n+](C)c(-c2cc(-c3ccccc3)ccc2C)c1.Cc1ccc(-c2ccccc2)cc1-c1cc(C)c([Si](C)(C)C)c[n+]1C.Cc1ccc(-c2ccccc2)cc1-c1ccc([Si](C)(C)C)c[n+]1C.[2H]C([2H])([2H])c1ccc(-c2cc(C)c(C([2H])([2H])C(C)(C)C)c[n+]2C)c(C)c1. The highest BCUT2D eigenvalue weighted by molar-refractivity contribution is 6.89. The molecule has 0 saturated heterocycles. The molecule has 91 heavy (non-hydrogen) atoms. The summed E-state index contributed by atoms with van der Waals surface area (Å²) >= 11 is 0. The number of rotatable bonds is 10. The molecule has 0 saturated carbocycles. The van der Waals surface area contributed by atoms with E-state index in [0.29, 0.717) is 11.1 Å². The highest BCUT2D eigenvalue weighted by atomic mass is 28.3. The van der Waals surface area contributed by atoms with Crippen molar-refractivity contribution in [1.29, 1.82) is 0 Å². The van der Waals surface area contributed by atoms with Gasteiger partial charge in [0.05, 0.1) is 16.1 Å². The van der Waals surface area contributed by atoms with Crippen molar-refractivity contribution in [3.8, 4) is 78.4 Å². The van der Waals surface area contributed by atoms with E-state index in [1.807, 2.05) is 64.6 Å². The Hall–Kier alpha value is -8.43. The van der Waals surface area contributed by atoms with Crippen LogP contribution in [0, 0.1) is 60.7 Å². The van der Waals surface area contributed by atoms with Gasteiger partial charge in [-0.15, -0.1) is 0 Å². The van der Waals surface area contributed by atoms with Crippen LogP contribution in [0.3, 0.4) is 0 Å². The molecule has 7 aromatic carbocycles. The van der Waals surface area contributed by atoms with Gasteiger partial charge in [-0.3, -0.25) is 0 Å². The van der Waals surface area contributed by atoms with E-state index in [9.17, 15) is 0 Å². The van der Waals surface area contributed by atoms with Gasteiger partial charge in [0.2, 0.25) is 22.8 Å². The van der Waals surface area contributed by atoms with Crippen molar-refractivity contribution in [1.82, 2.24) is 0 Å². The minimum atomic E-state index is -2.12. The van der Waals surface area contributed by atoms with Gasteiger partial charge < -0.3 is 0 Å². The van der Waals surface area contributed by atoms with Gasteiger partial charge in [-0.25, -0.2) is 18.3 Å². The molecule has 11 rings (SSSR count). The van der Waals surface area contributed by atoms with E-state index >= 15 is 0 Å². The fourth-order valence-corrected chi connectivity index (χ4v) is 14.7. The Bertz CT molecular complexity index is 4540. The molecule has 11 aromatic rings. The lowest BCUT2D eigenvalue weighted by atomic mass is 9.87. The molecule has 4 aromatic heterocycles. The summed E-state index contributed by atoms with van der Waals surface area (Å²) in [5.74, 6) is 0. The van der Waals surface area contributed by atoms with Crippen molar-refractivity contribution in [2.45, 2.75) is 122 Å². The summed E-state index contributed by atoms with van der Waals surface area (Å²) in [6, 6.07) is 70.5. The van der Waals surface area contributed by atoms with Crippen LogP contribution in [-0.2, 0) is 34.6 Å². The first-order valence-corrected chi connectivity index (χ1v) is 39.0. The van der Waals surface area contributed by atoms with Crippen LogP contribution in [0.4, 0.5) is 0 Å². The van der Waals surface area contributed by atoms with Crippen molar-refractivity contribution in [2.24, 2.45) is 33.6 Å². The fourth-order valence-electron chi connectivity index (χ4n) is 11.7. The Labute approximate surface area is 557 Å². The largest absolute Gasteiger partial charge is 0.212 e. The molecule has 0 aliphatic rings. The van der Waals surface area contributed by atoms with Crippen molar-refractivity contribution in [3.63, 3.8) is 0 Å². The van der Waals surface area contributed by atoms with E-state index in [-0.39, 0.29) is 0 Å². The maximum atomic E-state index is 8.56.